The summed E-state index contributed by atoms with van der Waals surface area (Å²) in [6.07, 6.45) is -1.30. The van der Waals surface area contributed by atoms with Crippen LogP contribution in [0, 0.1) is 18.8 Å². The zero-order chi connectivity index (χ0) is 65.8. The van der Waals surface area contributed by atoms with E-state index in [2.05, 4.69) is 41.5 Å². The van der Waals surface area contributed by atoms with Crippen LogP contribution in [-0.2, 0) is 30.5 Å². The number of amides is 6. The summed E-state index contributed by atoms with van der Waals surface area (Å²) in [5.41, 5.74) is 2.00. The first-order chi connectivity index (χ1) is 44.7. The molecule has 8 N–H and O–H groups in total. The van der Waals surface area contributed by atoms with Crippen LogP contribution in [-0.4, -0.2) is 130 Å². The number of aliphatic hydroxyl groups excluding tert-OH is 1. The Morgan fingerprint density at radius 1 is 0.720 bits per heavy atom. The second kappa shape index (κ2) is 28.4. The number of aliphatic hydroxyl groups is 1. The van der Waals surface area contributed by atoms with Crippen molar-refractivity contribution in [3.05, 3.63) is 123 Å². The van der Waals surface area contributed by atoms with Crippen LogP contribution < -0.4 is 31.5 Å². The summed E-state index contributed by atoms with van der Waals surface area (Å²) in [6.45, 7) is 4.84. The van der Waals surface area contributed by atoms with Gasteiger partial charge in [0.15, 0.2) is 5.82 Å². The van der Waals surface area contributed by atoms with E-state index in [0.29, 0.717) is 47.3 Å². The van der Waals surface area contributed by atoms with Crippen molar-refractivity contribution in [2.75, 3.05) is 25.6 Å². The third-order valence-corrected chi connectivity index (χ3v) is 20.5. The molecule has 482 valence electrons. The van der Waals surface area contributed by atoms with Gasteiger partial charge in [-0.05, 0) is 56.2 Å². The summed E-state index contributed by atoms with van der Waals surface area (Å²) < 4.78 is 16.8. The van der Waals surface area contributed by atoms with Crippen molar-refractivity contribution in [1.29, 1.82) is 0 Å². The highest BCUT2D eigenvalue weighted by molar-refractivity contribution is 7.15. The van der Waals surface area contributed by atoms with Gasteiger partial charge in [0.1, 0.15) is 82.5 Å². The van der Waals surface area contributed by atoms with E-state index in [1.54, 1.807) is 60.1 Å². The Morgan fingerprint density at radius 3 is 2.15 bits per heavy atom. The number of hydrogen-bond donors (Lipinski definition) is 8. The molecule has 1 aromatic carbocycles. The lowest BCUT2D eigenvalue weighted by molar-refractivity contribution is -0.143. The monoisotopic (exact) mass is 1380 g/mol. The average molecular weight is 1380 g/mol. The fraction of sp³-hybridized carbons (Fsp3) is 0.322. The van der Waals surface area contributed by atoms with Gasteiger partial charge in [-0.25, -0.2) is 49.5 Å². The molecule has 2 aliphatic rings. The van der Waals surface area contributed by atoms with Crippen molar-refractivity contribution in [3.63, 3.8) is 0 Å². The number of benzene rings is 1. The number of carboxylic acid groups (broad SMARTS) is 2. The molecule has 11 rings (SSSR count). The summed E-state index contributed by atoms with van der Waals surface area (Å²) in [4.78, 5) is 147. The highest BCUT2D eigenvalue weighted by atomic mass is 32.1. The largest absolute Gasteiger partial charge is 0.481 e. The quantitative estimate of drug-likeness (QED) is 0.0533. The second-order valence-electron chi connectivity index (χ2n) is 21.5. The van der Waals surface area contributed by atoms with Gasteiger partial charge >= 0.3 is 24.0 Å². The van der Waals surface area contributed by atoms with Gasteiger partial charge in [-0.3, -0.25) is 28.8 Å². The molecule has 0 saturated heterocycles. The van der Waals surface area contributed by atoms with Crippen molar-refractivity contribution < 1.29 is 67.6 Å². The summed E-state index contributed by atoms with van der Waals surface area (Å²) >= 11 is 6.77. The van der Waals surface area contributed by atoms with Crippen molar-refractivity contribution in [2.24, 2.45) is 11.8 Å². The van der Waals surface area contributed by atoms with Crippen LogP contribution in [0.25, 0.3) is 43.4 Å². The molecule has 1 fully saturated rings. The molecule has 1 saturated carbocycles. The number of oxazole rings is 1. The molecule has 0 radical (unpaired) electrons. The molecule has 0 spiro atoms. The van der Waals surface area contributed by atoms with E-state index in [0.717, 1.165) is 67.8 Å². The van der Waals surface area contributed by atoms with E-state index in [1.165, 1.54) is 36.3 Å². The van der Waals surface area contributed by atoms with Crippen molar-refractivity contribution in [1.82, 2.24) is 66.5 Å². The topological polar surface area (TPSA) is 395 Å². The number of aliphatic carboxylic acids is 1. The Labute approximate surface area is 552 Å². The molecular formula is C59H56N14O14S6. The summed E-state index contributed by atoms with van der Waals surface area (Å²) in [5, 5.41) is 53.6. The van der Waals surface area contributed by atoms with Crippen LogP contribution in [0.2, 0.25) is 0 Å². The number of carboxylic acids is 2. The zero-order valence-corrected chi connectivity index (χ0v) is 54.6. The Bertz CT molecular complexity index is 4300. The first-order valence-electron chi connectivity index (χ1n) is 28.6. The predicted octanol–water partition coefficient (Wildman–Crippen LogP) is 8.92. The van der Waals surface area contributed by atoms with E-state index in [-0.39, 0.29) is 93.9 Å². The number of carbonyl (C=O) groups is 8. The van der Waals surface area contributed by atoms with E-state index in [9.17, 15) is 53.7 Å². The lowest BCUT2D eigenvalue weighted by Crippen LogP contribution is -2.40. The number of nitrogens with zero attached hydrogens (tertiary/aromatic N) is 9. The lowest BCUT2D eigenvalue weighted by Gasteiger charge is -2.27. The van der Waals surface area contributed by atoms with Gasteiger partial charge in [-0.15, -0.1) is 68.0 Å². The van der Waals surface area contributed by atoms with Crippen LogP contribution in [0.1, 0.15) is 143 Å². The summed E-state index contributed by atoms with van der Waals surface area (Å²) in [5.74, 6) is -6.99. The van der Waals surface area contributed by atoms with E-state index in [4.69, 9.17) is 38.8 Å². The minimum absolute atomic E-state index is 0.0225. The molecule has 1 aliphatic carbocycles. The molecule has 10 bridgehead atoms. The highest BCUT2D eigenvalue weighted by Crippen LogP contribution is 2.41. The molecule has 34 heteroatoms. The number of carbonyl (C=O) groups excluding carboxylic acids is 6. The number of hydrogen-bond acceptors (Lipinski definition) is 26. The summed E-state index contributed by atoms with van der Waals surface area (Å²) in [6, 6.07) is 8.58. The molecule has 1 aliphatic heterocycles. The minimum Gasteiger partial charge on any atom is -0.481 e. The van der Waals surface area contributed by atoms with Crippen molar-refractivity contribution >= 4 is 127 Å². The number of aryl methyl sites for hydroxylation is 1. The van der Waals surface area contributed by atoms with Crippen molar-refractivity contribution in [2.45, 2.75) is 89.8 Å². The Kier molecular flexibility index (Phi) is 19.9. The number of nitrogens with one attached hydrogen (secondary N) is 5. The number of pyridine rings is 1. The maximum Gasteiger partial charge on any atom is 0.424 e. The number of aromatic nitrogens is 8. The van der Waals surface area contributed by atoms with Gasteiger partial charge < -0.3 is 55.8 Å². The van der Waals surface area contributed by atoms with Crippen molar-refractivity contribution in [3.8, 4) is 43.4 Å². The SMILES string of the molecule is CNC(=O)C[C@@H]1NC(=O)c2csc(n2)-c2ccc(-c3nc(N(C(=O)OC4CCC(C(=O)O)CC4)c4ncc(C(=O)O)o4)cs3)nc2-c2csc(n2)-c2csc(n2)[C@H]([C@@H](O)c2ccccc2)NC(=O)CNC(=O)c2nc(sc2COC)C(C(C)C)NC(=O)c2nc1sc2C. The second-order valence-corrected chi connectivity index (χ2v) is 27.3. The third-order valence-electron chi connectivity index (χ3n) is 14.8. The van der Waals surface area contributed by atoms with Crippen LogP contribution in [0.4, 0.5) is 16.6 Å². The van der Waals surface area contributed by atoms with Gasteiger partial charge in [-0.2, -0.15) is 4.90 Å². The van der Waals surface area contributed by atoms with Gasteiger partial charge in [-0.1, -0.05) is 44.2 Å². The predicted molar refractivity (Wildman–Crippen MR) is 342 cm³/mol. The molecule has 9 aromatic rings. The molecule has 1 unspecified atom stereocenters. The number of fused-ring (bicyclic) bond motifs is 14. The summed E-state index contributed by atoms with van der Waals surface area (Å²) in [7, 11) is 2.90. The van der Waals surface area contributed by atoms with E-state index in [1.807, 2.05) is 13.8 Å². The number of ether oxygens (including phenoxy) is 2. The zero-order valence-electron chi connectivity index (χ0n) is 49.7. The van der Waals surface area contributed by atoms with E-state index < -0.39 is 102 Å². The number of thiazole rings is 6. The molecule has 4 atom stereocenters. The van der Waals surface area contributed by atoms with Gasteiger partial charge in [0.2, 0.25) is 17.6 Å². The number of anilines is 2. The van der Waals surface area contributed by atoms with Gasteiger partial charge in [0.25, 0.3) is 17.7 Å². The molecule has 93 heavy (non-hydrogen) atoms. The fourth-order valence-corrected chi connectivity index (χ4v) is 15.6. The number of aromatic carboxylic acids is 1. The van der Waals surface area contributed by atoms with Crippen LogP contribution >= 0.6 is 68.0 Å². The van der Waals surface area contributed by atoms with Gasteiger partial charge in [0, 0.05) is 46.1 Å². The van der Waals surface area contributed by atoms with Crippen LogP contribution in [0.3, 0.4) is 0 Å². The average Bonchev–Trinajstić information content (AvgIpc) is 1.71. The number of methoxy groups -OCH3 is 1. The van der Waals surface area contributed by atoms with Gasteiger partial charge in [0.05, 0.1) is 54.3 Å². The van der Waals surface area contributed by atoms with Crippen LogP contribution in [0.15, 0.2) is 74.6 Å². The smallest absolute Gasteiger partial charge is 0.424 e. The molecule has 9 heterocycles. The lowest BCUT2D eigenvalue weighted by atomic mass is 9.87. The third kappa shape index (κ3) is 14.6. The molecular weight excluding hydrogens is 1320 g/mol. The fourth-order valence-electron chi connectivity index (χ4n) is 10.0. The highest BCUT2D eigenvalue weighted by Gasteiger charge is 2.36. The van der Waals surface area contributed by atoms with E-state index >= 15 is 0 Å². The molecule has 8 aromatic heterocycles. The minimum atomic E-state index is -1.45. The first kappa shape index (κ1) is 65.3. The van der Waals surface area contributed by atoms with Crippen LogP contribution in [0.5, 0.6) is 0 Å². The molecule has 28 nitrogen and oxygen atoms in total. The maximum atomic E-state index is 14.4. The number of rotatable bonds is 13. The molecule has 6 amide bonds. The Hall–Kier alpha value is -9.16. The first-order valence-corrected chi connectivity index (χ1v) is 33.7. The Balaban J connectivity index is 0.985. The normalized spacial score (nSPS) is 18.3. The standard InChI is InChI=1S/C59H56N14O14S6/c1-25(2)41-55-72-44(37(93-55)20-85-5)48(78)61-19-40(75)69-45(46(76)27-9-7-6-8-10-27)54-67-35(23-90-54)52-65-33(21-89-52)43-30(50-66-34(22-88-50)47(77)64-32(17-39(74)60-4)53-71-42(26(3)92-53)49(79)70-41)15-16-31(63-43)51-68-38(24-91-51)73(58-62-18-36(87-58)57(82)83)59(84)86-29-13-11-28(12-14-29)56(80)81/h6-10,15-16,18,21-25,28-29,32,41,45-46,76H,11-14,17,19-20H2,1-5H3,(H,60,74)(H,61,78)(H,64,77)(H,69,75)(H,70,79)(H,80,81)(H,82,83)/t28?,29?,32-,41?,45-,46-/m0/s1. The maximum absolute atomic E-state index is 14.4. The Morgan fingerprint density at radius 2 is 1.43 bits per heavy atom.